The predicted molar refractivity (Wildman–Crippen MR) is 82.7 cm³/mol. The van der Waals surface area contributed by atoms with E-state index in [9.17, 15) is 26.3 Å². The minimum absolute atomic E-state index is 0.669. The van der Waals surface area contributed by atoms with Crippen molar-refractivity contribution in [3.8, 4) is 0 Å². The van der Waals surface area contributed by atoms with E-state index in [2.05, 4.69) is 21.8 Å². The summed E-state index contributed by atoms with van der Waals surface area (Å²) < 4.78 is 65.9. The number of imidazole rings is 1. The molecule has 0 unspecified atom stereocenters. The van der Waals surface area contributed by atoms with Gasteiger partial charge in [-0.3, -0.25) is 0 Å². The van der Waals surface area contributed by atoms with Crippen LogP contribution in [-0.2, 0) is 16.1 Å². The Hall–Kier alpha value is -2.31. The molecule has 1 aromatic heterocycles. The Morgan fingerprint density at radius 3 is 1.82 bits per heavy atom. The Bertz CT molecular complexity index is 654. The van der Waals surface area contributed by atoms with Gasteiger partial charge in [0.25, 0.3) is 0 Å². The monoisotopic (exact) mass is 419 g/mol. The molecule has 28 heavy (non-hydrogen) atoms. The van der Waals surface area contributed by atoms with Gasteiger partial charge in [0.15, 0.2) is 0 Å². The quantitative estimate of drug-likeness (QED) is 0.651. The molecule has 3 rings (SSSR count). The van der Waals surface area contributed by atoms with Crippen molar-refractivity contribution in [1.82, 2.24) is 14.9 Å². The van der Waals surface area contributed by atoms with Crippen molar-refractivity contribution >= 4 is 11.9 Å². The number of hydrogen-bond acceptors (Lipinski definition) is 4. The van der Waals surface area contributed by atoms with Crippen LogP contribution in [0.2, 0.25) is 0 Å². The van der Waals surface area contributed by atoms with Gasteiger partial charge in [-0.1, -0.05) is 0 Å². The fourth-order valence-electron chi connectivity index (χ4n) is 2.07. The first-order valence-electron chi connectivity index (χ1n) is 8.06. The Morgan fingerprint density at radius 2 is 1.54 bits per heavy atom. The molecule has 0 spiro atoms. The average Bonchev–Trinajstić information content (AvgIpc) is 3.24. The predicted octanol–water partition coefficient (Wildman–Crippen LogP) is 2.55. The van der Waals surface area contributed by atoms with Gasteiger partial charge in [0.1, 0.15) is 5.82 Å². The molecule has 0 bridgehead atoms. The first kappa shape index (κ1) is 23.7. The minimum atomic E-state index is -5.08. The molecule has 160 valence electrons. The smallest absolute Gasteiger partial charge is 0.475 e. The fourth-order valence-corrected chi connectivity index (χ4v) is 2.07. The second-order valence-electron chi connectivity index (χ2n) is 6.27. The number of alkyl halides is 6. The number of carboxylic acids is 2. The summed E-state index contributed by atoms with van der Waals surface area (Å²) in [5, 5.41) is 17.6. The van der Waals surface area contributed by atoms with Crippen molar-refractivity contribution in [3.63, 3.8) is 0 Å². The Morgan fingerprint density at radius 1 is 1.11 bits per heavy atom. The van der Waals surface area contributed by atoms with E-state index in [4.69, 9.17) is 19.8 Å². The van der Waals surface area contributed by atoms with E-state index in [0.29, 0.717) is 5.92 Å². The summed E-state index contributed by atoms with van der Waals surface area (Å²) in [6, 6.07) is 0. The number of aliphatic carboxylic acids is 2. The molecule has 7 nitrogen and oxygen atoms in total. The van der Waals surface area contributed by atoms with Crippen molar-refractivity contribution in [2.75, 3.05) is 13.1 Å². The van der Waals surface area contributed by atoms with Crippen LogP contribution < -0.4 is 5.32 Å². The molecule has 1 aromatic rings. The molecule has 0 radical (unpaired) electrons. The number of halogens is 6. The van der Waals surface area contributed by atoms with Gasteiger partial charge in [0, 0.05) is 37.4 Å². The van der Waals surface area contributed by atoms with Crippen molar-refractivity contribution < 1.29 is 46.1 Å². The molecule has 0 amide bonds. The summed E-state index contributed by atoms with van der Waals surface area (Å²) in [5.74, 6) is -2.59. The van der Waals surface area contributed by atoms with Crippen LogP contribution in [-0.4, -0.2) is 57.1 Å². The zero-order valence-electron chi connectivity index (χ0n) is 14.6. The third kappa shape index (κ3) is 7.74. The van der Waals surface area contributed by atoms with E-state index in [-0.39, 0.29) is 0 Å². The number of aromatic nitrogens is 2. The molecule has 3 N–H and O–H groups in total. The van der Waals surface area contributed by atoms with E-state index in [1.54, 1.807) is 0 Å². The number of rotatable bonds is 3. The third-order valence-electron chi connectivity index (χ3n) is 3.86. The highest BCUT2D eigenvalue weighted by molar-refractivity contribution is 5.73. The molecule has 1 saturated heterocycles. The van der Waals surface area contributed by atoms with E-state index in [1.807, 2.05) is 6.20 Å². The molecule has 13 heteroatoms. The van der Waals surface area contributed by atoms with Crippen LogP contribution in [0.5, 0.6) is 0 Å². The summed E-state index contributed by atoms with van der Waals surface area (Å²) in [6.07, 6.45) is -5.31. The molecule has 1 aliphatic heterocycles. The Kier molecular flexibility index (Phi) is 7.84. The highest BCUT2D eigenvalue weighted by atomic mass is 19.4. The summed E-state index contributed by atoms with van der Waals surface area (Å²) in [7, 11) is 0. The Labute approximate surface area is 155 Å². The highest BCUT2D eigenvalue weighted by Crippen LogP contribution is 2.32. The van der Waals surface area contributed by atoms with Crippen molar-refractivity contribution in [2.45, 2.75) is 44.6 Å². The second-order valence-corrected chi connectivity index (χ2v) is 6.27. The minimum Gasteiger partial charge on any atom is -0.475 e. The van der Waals surface area contributed by atoms with Crippen LogP contribution in [0.1, 0.15) is 30.3 Å². The van der Waals surface area contributed by atoms with Crippen molar-refractivity contribution in [2.24, 2.45) is 5.92 Å². The lowest BCUT2D eigenvalue weighted by Gasteiger charge is -2.27. The zero-order chi connectivity index (χ0) is 21.7. The van der Waals surface area contributed by atoms with Crippen LogP contribution in [0.15, 0.2) is 6.20 Å². The van der Waals surface area contributed by atoms with E-state index >= 15 is 0 Å². The van der Waals surface area contributed by atoms with Gasteiger partial charge in [-0.05, 0) is 25.7 Å². The number of carboxylic acid groups (broad SMARTS) is 2. The van der Waals surface area contributed by atoms with Crippen LogP contribution in [0, 0.1) is 12.8 Å². The standard InChI is InChI=1S/C11H17N3.2C2HF3O2/c1-8-4-13-11(10-5-12-6-10)14(8)7-9-2-3-9;2*3-2(4,5)1(6)7/h4,9-10,12H,2-3,5-7H2,1H3;2*(H,6,7). The molecular weight excluding hydrogens is 400 g/mol. The lowest BCUT2D eigenvalue weighted by molar-refractivity contribution is -0.193. The summed E-state index contributed by atoms with van der Waals surface area (Å²) in [6.45, 7) is 5.60. The maximum atomic E-state index is 10.6. The maximum Gasteiger partial charge on any atom is 0.490 e. The molecule has 2 aliphatic rings. The van der Waals surface area contributed by atoms with E-state index in [0.717, 1.165) is 19.0 Å². The Balaban J connectivity index is 0.000000240. The van der Waals surface area contributed by atoms with Gasteiger partial charge in [-0.2, -0.15) is 26.3 Å². The molecule has 1 saturated carbocycles. The van der Waals surface area contributed by atoms with Gasteiger partial charge in [0.05, 0.1) is 0 Å². The molecule has 0 atom stereocenters. The largest absolute Gasteiger partial charge is 0.490 e. The van der Waals surface area contributed by atoms with E-state index < -0.39 is 24.3 Å². The number of hydrogen-bond donors (Lipinski definition) is 3. The first-order valence-corrected chi connectivity index (χ1v) is 8.06. The summed E-state index contributed by atoms with van der Waals surface area (Å²) in [4.78, 5) is 22.3. The number of aryl methyl sites for hydroxylation is 1. The molecule has 2 fully saturated rings. The fraction of sp³-hybridized carbons (Fsp3) is 0.667. The van der Waals surface area contributed by atoms with Crippen LogP contribution in [0.25, 0.3) is 0 Å². The van der Waals surface area contributed by atoms with E-state index in [1.165, 1.54) is 30.9 Å². The molecule has 2 heterocycles. The number of nitrogens with one attached hydrogen (secondary N) is 1. The topological polar surface area (TPSA) is 104 Å². The SMILES string of the molecule is Cc1cnc(C2CNC2)n1CC1CC1.O=C(O)C(F)(F)F.O=C(O)C(F)(F)F. The normalized spacial score (nSPS) is 16.8. The summed E-state index contributed by atoms with van der Waals surface area (Å²) in [5.41, 5.74) is 1.33. The highest BCUT2D eigenvalue weighted by Gasteiger charge is 2.38. The van der Waals surface area contributed by atoms with Gasteiger partial charge < -0.3 is 20.1 Å². The third-order valence-corrected chi connectivity index (χ3v) is 3.86. The number of nitrogens with zero attached hydrogens (tertiary/aromatic N) is 2. The molecule has 1 aliphatic carbocycles. The van der Waals surface area contributed by atoms with Crippen LogP contribution >= 0.6 is 0 Å². The van der Waals surface area contributed by atoms with Crippen molar-refractivity contribution in [1.29, 1.82) is 0 Å². The first-order chi connectivity index (χ1) is 12.7. The number of carbonyl (C=O) groups is 2. The van der Waals surface area contributed by atoms with Gasteiger partial charge in [0.2, 0.25) is 0 Å². The van der Waals surface area contributed by atoms with Crippen LogP contribution in [0.4, 0.5) is 26.3 Å². The zero-order valence-corrected chi connectivity index (χ0v) is 14.6. The van der Waals surface area contributed by atoms with Gasteiger partial charge in [-0.15, -0.1) is 0 Å². The maximum absolute atomic E-state index is 10.6. The molecule has 0 aromatic carbocycles. The second kappa shape index (κ2) is 9.26. The summed E-state index contributed by atoms with van der Waals surface area (Å²) >= 11 is 0. The molecular formula is C15H19F6N3O4. The van der Waals surface area contributed by atoms with Crippen molar-refractivity contribution in [3.05, 3.63) is 17.7 Å². The lowest BCUT2D eigenvalue weighted by atomic mass is 10.0. The average molecular weight is 419 g/mol. The van der Waals surface area contributed by atoms with Crippen LogP contribution in [0.3, 0.4) is 0 Å². The van der Waals surface area contributed by atoms with Gasteiger partial charge >= 0.3 is 24.3 Å². The van der Waals surface area contributed by atoms with Gasteiger partial charge in [-0.25, -0.2) is 14.6 Å². The lowest BCUT2D eigenvalue weighted by Crippen LogP contribution is -2.41.